The fourth-order valence-electron chi connectivity index (χ4n) is 4.01. The monoisotopic (exact) mass is 378 g/mol. The molecular weight excluding hydrogens is 356 g/mol. The summed E-state index contributed by atoms with van der Waals surface area (Å²) in [6.45, 7) is 0. The molecule has 5 rings (SSSR count). The van der Waals surface area contributed by atoms with Crippen LogP contribution in [0, 0.1) is 0 Å². The summed E-state index contributed by atoms with van der Waals surface area (Å²) in [5.41, 5.74) is 4.64. The van der Waals surface area contributed by atoms with E-state index in [4.69, 9.17) is 4.42 Å². The van der Waals surface area contributed by atoms with Crippen molar-refractivity contribution in [2.45, 2.75) is 11.8 Å². The molecule has 5 aromatic rings. The second-order valence-electron chi connectivity index (χ2n) is 7.18. The standard InChI is InChI=1S/C26H22N2O/c1-3-9-19(10-4-1)25(21-13-7-17-27-21)23-15-16-24(29-23)26(22-14-8-18-28-22)20-11-5-2-6-12-20/h1-18,25-28H. The SMILES string of the molecule is c1ccc(C(c2ccc[nH]2)c2ccc(C(c3ccccc3)c3ccc[nH]3)o2)cc1. The van der Waals surface area contributed by atoms with Crippen LogP contribution in [0.4, 0.5) is 0 Å². The van der Waals surface area contributed by atoms with E-state index in [1.165, 1.54) is 11.1 Å². The first-order valence-corrected chi connectivity index (χ1v) is 9.86. The van der Waals surface area contributed by atoms with E-state index >= 15 is 0 Å². The average Bonchev–Trinajstić information content (AvgIpc) is 3.54. The highest BCUT2D eigenvalue weighted by molar-refractivity contribution is 5.41. The second-order valence-corrected chi connectivity index (χ2v) is 7.18. The van der Waals surface area contributed by atoms with Crippen molar-refractivity contribution in [3.05, 3.63) is 143 Å². The van der Waals surface area contributed by atoms with Gasteiger partial charge in [0.25, 0.3) is 0 Å². The molecule has 0 aliphatic heterocycles. The van der Waals surface area contributed by atoms with Crippen LogP contribution in [0.3, 0.4) is 0 Å². The first-order valence-electron chi connectivity index (χ1n) is 9.86. The van der Waals surface area contributed by atoms with Gasteiger partial charge in [-0.3, -0.25) is 0 Å². The summed E-state index contributed by atoms with van der Waals surface area (Å²) >= 11 is 0. The van der Waals surface area contributed by atoms with Gasteiger partial charge in [0.05, 0.1) is 11.8 Å². The minimum atomic E-state index is 0.0278. The molecule has 0 saturated carbocycles. The smallest absolute Gasteiger partial charge is 0.117 e. The van der Waals surface area contributed by atoms with E-state index in [0.717, 1.165) is 22.9 Å². The average molecular weight is 378 g/mol. The van der Waals surface area contributed by atoms with E-state index in [-0.39, 0.29) is 11.8 Å². The molecule has 2 unspecified atom stereocenters. The molecule has 2 N–H and O–H groups in total. The third kappa shape index (κ3) is 3.43. The van der Waals surface area contributed by atoms with Crippen LogP contribution in [0.2, 0.25) is 0 Å². The zero-order valence-electron chi connectivity index (χ0n) is 16.0. The van der Waals surface area contributed by atoms with Crippen LogP contribution >= 0.6 is 0 Å². The van der Waals surface area contributed by atoms with Crippen LogP contribution < -0.4 is 0 Å². The third-order valence-electron chi connectivity index (χ3n) is 5.35. The molecule has 0 aliphatic carbocycles. The van der Waals surface area contributed by atoms with Gasteiger partial charge in [0.2, 0.25) is 0 Å². The molecular formula is C26H22N2O. The van der Waals surface area contributed by atoms with E-state index in [1.807, 2.05) is 36.7 Å². The normalized spacial score (nSPS) is 13.2. The molecule has 29 heavy (non-hydrogen) atoms. The van der Waals surface area contributed by atoms with E-state index in [1.54, 1.807) is 0 Å². The lowest BCUT2D eigenvalue weighted by molar-refractivity contribution is 0.452. The second kappa shape index (κ2) is 7.72. The highest BCUT2D eigenvalue weighted by Crippen LogP contribution is 2.37. The highest BCUT2D eigenvalue weighted by atomic mass is 16.3. The van der Waals surface area contributed by atoms with Crippen molar-refractivity contribution >= 4 is 0 Å². The van der Waals surface area contributed by atoms with Crippen molar-refractivity contribution in [1.82, 2.24) is 9.97 Å². The Labute approximate surface area is 170 Å². The molecule has 0 saturated heterocycles. The molecule has 0 amide bonds. The predicted molar refractivity (Wildman–Crippen MR) is 115 cm³/mol. The van der Waals surface area contributed by atoms with Gasteiger partial charge < -0.3 is 14.4 Å². The van der Waals surface area contributed by atoms with Crippen molar-refractivity contribution in [3.63, 3.8) is 0 Å². The van der Waals surface area contributed by atoms with Gasteiger partial charge in [0, 0.05) is 23.8 Å². The number of hydrogen-bond donors (Lipinski definition) is 2. The van der Waals surface area contributed by atoms with Crippen molar-refractivity contribution in [1.29, 1.82) is 0 Å². The zero-order valence-corrected chi connectivity index (χ0v) is 16.0. The maximum absolute atomic E-state index is 6.52. The summed E-state index contributed by atoms with van der Waals surface area (Å²) in [7, 11) is 0. The zero-order chi connectivity index (χ0) is 19.5. The Morgan fingerprint density at radius 3 is 1.31 bits per heavy atom. The fourth-order valence-corrected chi connectivity index (χ4v) is 4.01. The van der Waals surface area contributed by atoms with Crippen molar-refractivity contribution in [2.75, 3.05) is 0 Å². The highest BCUT2D eigenvalue weighted by Gasteiger charge is 2.25. The molecule has 2 aromatic carbocycles. The molecule has 0 fully saturated rings. The number of rotatable bonds is 6. The molecule has 0 aliphatic rings. The quantitative estimate of drug-likeness (QED) is 0.358. The van der Waals surface area contributed by atoms with Gasteiger partial charge in [-0.1, -0.05) is 60.7 Å². The molecule has 0 radical (unpaired) electrons. The molecule has 3 heterocycles. The lowest BCUT2D eigenvalue weighted by Gasteiger charge is -2.16. The van der Waals surface area contributed by atoms with Gasteiger partial charge >= 0.3 is 0 Å². The van der Waals surface area contributed by atoms with Crippen molar-refractivity contribution in [2.24, 2.45) is 0 Å². The summed E-state index contributed by atoms with van der Waals surface area (Å²) < 4.78 is 6.52. The van der Waals surface area contributed by atoms with Crippen LogP contribution in [0.1, 0.15) is 45.9 Å². The molecule has 3 nitrogen and oxygen atoms in total. The number of benzene rings is 2. The molecule has 0 bridgehead atoms. The molecule has 0 spiro atoms. The molecule has 2 atom stereocenters. The van der Waals surface area contributed by atoms with Gasteiger partial charge in [0.1, 0.15) is 11.5 Å². The van der Waals surface area contributed by atoms with E-state index in [0.29, 0.717) is 0 Å². The molecule has 142 valence electrons. The topological polar surface area (TPSA) is 44.7 Å². The van der Waals surface area contributed by atoms with Gasteiger partial charge in [0.15, 0.2) is 0 Å². The van der Waals surface area contributed by atoms with Crippen LogP contribution in [0.25, 0.3) is 0 Å². The van der Waals surface area contributed by atoms with Crippen molar-refractivity contribution < 1.29 is 4.42 Å². The summed E-state index contributed by atoms with van der Waals surface area (Å²) in [5.74, 6) is 1.92. The van der Waals surface area contributed by atoms with Gasteiger partial charge in [-0.2, -0.15) is 0 Å². The van der Waals surface area contributed by atoms with Crippen LogP contribution in [-0.2, 0) is 0 Å². The van der Waals surface area contributed by atoms with E-state index in [9.17, 15) is 0 Å². The Kier molecular flexibility index (Phi) is 4.63. The van der Waals surface area contributed by atoms with Crippen LogP contribution in [0.5, 0.6) is 0 Å². The lowest BCUT2D eigenvalue weighted by Crippen LogP contribution is -2.04. The lowest BCUT2D eigenvalue weighted by atomic mass is 9.93. The fraction of sp³-hybridized carbons (Fsp3) is 0.0769. The van der Waals surface area contributed by atoms with E-state index < -0.39 is 0 Å². The number of H-pyrrole nitrogens is 2. The largest absolute Gasteiger partial charge is 0.464 e. The maximum Gasteiger partial charge on any atom is 0.117 e. The molecule has 3 heteroatoms. The summed E-state index contributed by atoms with van der Waals surface area (Å²) in [5, 5.41) is 0. The van der Waals surface area contributed by atoms with E-state index in [2.05, 4.69) is 82.8 Å². The first-order chi connectivity index (χ1) is 14.4. The summed E-state index contributed by atoms with van der Waals surface area (Å²) in [6, 6.07) is 33.4. The van der Waals surface area contributed by atoms with Crippen LogP contribution in [-0.4, -0.2) is 9.97 Å². The first kappa shape index (κ1) is 17.4. The Hall–Kier alpha value is -3.72. The Morgan fingerprint density at radius 1 is 0.483 bits per heavy atom. The number of hydrogen-bond acceptors (Lipinski definition) is 1. The minimum Gasteiger partial charge on any atom is -0.464 e. The Bertz CT molecular complexity index is 1050. The number of aromatic amines is 2. The Morgan fingerprint density at radius 2 is 0.931 bits per heavy atom. The van der Waals surface area contributed by atoms with Crippen LogP contribution in [0.15, 0.2) is 114 Å². The Balaban J connectivity index is 1.59. The number of nitrogens with one attached hydrogen (secondary N) is 2. The summed E-state index contributed by atoms with van der Waals surface area (Å²) in [4.78, 5) is 6.73. The minimum absolute atomic E-state index is 0.0278. The predicted octanol–water partition coefficient (Wildman–Crippen LogP) is 6.30. The van der Waals surface area contributed by atoms with Crippen molar-refractivity contribution in [3.8, 4) is 0 Å². The summed E-state index contributed by atoms with van der Waals surface area (Å²) in [6.07, 6.45) is 3.92. The third-order valence-corrected chi connectivity index (χ3v) is 5.35. The number of furan rings is 1. The van der Waals surface area contributed by atoms with Gasteiger partial charge in [-0.05, 0) is 47.5 Å². The van der Waals surface area contributed by atoms with Gasteiger partial charge in [-0.15, -0.1) is 0 Å². The number of aromatic nitrogens is 2. The van der Waals surface area contributed by atoms with Gasteiger partial charge in [-0.25, -0.2) is 0 Å². The molecule has 3 aromatic heterocycles. The maximum atomic E-state index is 6.52.